The van der Waals surface area contributed by atoms with Crippen LogP contribution < -0.4 is 0 Å². The second-order valence-electron chi connectivity index (χ2n) is 16.7. The molecule has 0 spiro atoms. The molecule has 4 heterocycles. The van der Waals surface area contributed by atoms with Gasteiger partial charge < -0.3 is 13.6 Å². The van der Waals surface area contributed by atoms with Gasteiger partial charge in [-0.1, -0.05) is 158 Å². The molecule has 0 aliphatic rings. The zero-order valence-electron chi connectivity index (χ0n) is 34.9. The average molecular weight is 830 g/mol. The van der Waals surface area contributed by atoms with Crippen molar-refractivity contribution in [2.75, 3.05) is 0 Å². The summed E-state index contributed by atoms with van der Waals surface area (Å²) in [5.74, 6) is 1.77. The maximum absolute atomic E-state index is 6.93. The van der Waals surface area contributed by atoms with Gasteiger partial charge in [-0.25, -0.2) is 15.0 Å². The molecule has 0 atom stereocenters. The fourth-order valence-electron chi connectivity index (χ4n) is 10.3. The number of nitrogens with zero attached hydrogens (tertiary/aromatic N) is 5. The predicted octanol–water partition coefficient (Wildman–Crippen LogP) is 15.3. The maximum atomic E-state index is 6.93. The van der Waals surface area contributed by atoms with E-state index in [0.717, 1.165) is 93.6 Å². The molecule has 6 heteroatoms. The lowest BCUT2D eigenvalue weighted by molar-refractivity contribution is 0.672. The molecule has 14 rings (SSSR count). The van der Waals surface area contributed by atoms with Crippen molar-refractivity contribution in [3.8, 4) is 45.5 Å². The first-order valence-corrected chi connectivity index (χ1v) is 21.9. The Bertz CT molecular complexity index is 4240. The molecule has 0 saturated carbocycles. The highest BCUT2D eigenvalue weighted by atomic mass is 16.3. The van der Waals surface area contributed by atoms with Crippen molar-refractivity contribution >= 4 is 87.1 Å². The summed E-state index contributed by atoms with van der Waals surface area (Å²) in [5, 5.41) is 11.2. The van der Waals surface area contributed by atoms with Crippen LogP contribution in [0.1, 0.15) is 0 Å². The summed E-state index contributed by atoms with van der Waals surface area (Å²) >= 11 is 0. The molecular weight excluding hydrogens is 795 g/mol. The molecule has 0 N–H and O–H groups in total. The van der Waals surface area contributed by atoms with Gasteiger partial charge in [-0.15, -0.1) is 0 Å². The molecule has 65 heavy (non-hydrogen) atoms. The third-order valence-corrected chi connectivity index (χ3v) is 13.1. The molecule has 0 fully saturated rings. The first kappa shape index (κ1) is 35.7. The number of para-hydroxylation sites is 3. The Balaban J connectivity index is 1.06. The average Bonchev–Trinajstić information content (AvgIpc) is 4.03. The number of aromatic nitrogens is 5. The van der Waals surface area contributed by atoms with Gasteiger partial charge in [0.1, 0.15) is 11.2 Å². The molecular formula is C59H35N5O. The van der Waals surface area contributed by atoms with E-state index < -0.39 is 0 Å². The zero-order valence-corrected chi connectivity index (χ0v) is 34.9. The molecule has 0 aliphatic heterocycles. The fraction of sp³-hybridized carbons (Fsp3) is 0. The summed E-state index contributed by atoms with van der Waals surface area (Å²) in [7, 11) is 0. The van der Waals surface area contributed by atoms with Crippen LogP contribution in [0.4, 0.5) is 0 Å². The zero-order chi connectivity index (χ0) is 42.6. The van der Waals surface area contributed by atoms with E-state index in [1.165, 1.54) is 21.5 Å². The van der Waals surface area contributed by atoms with Crippen molar-refractivity contribution in [1.29, 1.82) is 0 Å². The first-order valence-electron chi connectivity index (χ1n) is 21.9. The van der Waals surface area contributed by atoms with Crippen LogP contribution in [0, 0.1) is 0 Å². The lowest BCUT2D eigenvalue weighted by Gasteiger charge is -2.13. The van der Waals surface area contributed by atoms with Gasteiger partial charge >= 0.3 is 0 Å². The van der Waals surface area contributed by atoms with Gasteiger partial charge in [0.25, 0.3) is 0 Å². The maximum Gasteiger partial charge on any atom is 0.164 e. The molecule has 0 saturated heterocycles. The third-order valence-electron chi connectivity index (χ3n) is 13.1. The summed E-state index contributed by atoms with van der Waals surface area (Å²) in [6.07, 6.45) is 0. The minimum absolute atomic E-state index is 0.573. The number of hydrogen-bond acceptors (Lipinski definition) is 4. The van der Waals surface area contributed by atoms with Crippen LogP contribution in [0.15, 0.2) is 217 Å². The Morgan fingerprint density at radius 3 is 1.68 bits per heavy atom. The summed E-state index contributed by atoms with van der Waals surface area (Å²) in [6, 6.07) is 74.9. The summed E-state index contributed by atoms with van der Waals surface area (Å²) in [4.78, 5) is 16.0. The van der Waals surface area contributed by atoms with Crippen molar-refractivity contribution in [2.24, 2.45) is 0 Å². The van der Waals surface area contributed by atoms with Crippen molar-refractivity contribution in [3.63, 3.8) is 0 Å². The number of furan rings is 1. The highest BCUT2D eigenvalue weighted by Gasteiger charge is 2.24. The van der Waals surface area contributed by atoms with E-state index in [1.807, 2.05) is 24.3 Å². The van der Waals surface area contributed by atoms with Crippen LogP contribution in [-0.2, 0) is 0 Å². The number of rotatable bonds is 5. The summed E-state index contributed by atoms with van der Waals surface area (Å²) in [5.41, 5.74) is 11.0. The van der Waals surface area contributed by atoms with Crippen LogP contribution in [-0.4, -0.2) is 24.1 Å². The highest BCUT2D eigenvalue weighted by Crippen LogP contribution is 2.45. The predicted molar refractivity (Wildman–Crippen MR) is 267 cm³/mol. The monoisotopic (exact) mass is 829 g/mol. The van der Waals surface area contributed by atoms with E-state index in [4.69, 9.17) is 19.4 Å². The fourth-order valence-corrected chi connectivity index (χ4v) is 10.3. The van der Waals surface area contributed by atoms with Gasteiger partial charge in [0.15, 0.2) is 17.5 Å². The number of hydrogen-bond donors (Lipinski definition) is 0. The van der Waals surface area contributed by atoms with Gasteiger partial charge in [-0.05, 0) is 65.4 Å². The van der Waals surface area contributed by atoms with Crippen LogP contribution in [0.2, 0.25) is 0 Å². The van der Waals surface area contributed by atoms with E-state index in [0.29, 0.717) is 17.5 Å². The molecule has 14 aromatic rings. The summed E-state index contributed by atoms with van der Waals surface area (Å²) < 4.78 is 11.7. The Kier molecular flexibility index (Phi) is 7.59. The van der Waals surface area contributed by atoms with E-state index >= 15 is 0 Å². The largest absolute Gasteiger partial charge is 0.455 e. The van der Waals surface area contributed by atoms with Crippen LogP contribution in [0.5, 0.6) is 0 Å². The van der Waals surface area contributed by atoms with Crippen molar-refractivity contribution in [1.82, 2.24) is 24.1 Å². The van der Waals surface area contributed by atoms with Crippen LogP contribution in [0.3, 0.4) is 0 Å². The molecule has 4 aromatic heterocycles. The highest BCUT2D eigenvalue weighted by molar-refractivity contribution is 6.22. The second kappa shape index (κ2) is 13.8. The van der Waals surface area contributed by atoms with Crippen LogP contribution in [0.25, 0.3) is 133 Å². The van der Waals surface area contributed by atoms with Crippen LogP contribution >= 0.6 is 0 Å². The van der Waals surface area contributed by atoms with Crippen molar-refractivity contribution in [3.05, 3.63) is 212 Å². The van der Waals surface area contributed by atoms with E-state index in [2.05, 4.69) is 197 Å². The molecule has 0 unspecified atom stereocenters. The molecule has 10 aromatic carbocycles. The first-order chi connectivity index (χ1) is 32.2. The molecule has 0 amide bonds. The number of benzene rings is 10. The smallest absolute Gasteiger partial charge is 0.164 e. The topological polar surface area (TPSA) is 61.7 Å². The Morgan fingerprint density at radius 2 is 0.908 bits per heavy atom. The second-order valence-corrected chi connectivity index (χ2v) is 16.7. The minimum atomic E-state index is 0.573. The van der Waals surface area contributed by atoms with E-state index in [1.54, 1.807) is 0 Å². The van der Waals surface area contributed by atoms with Crippen molar-refractivity contribution in [2.45, 2.75) is 0 Å². The van der Waals surface area contributed by atoms with Gasteiger partial charge in [0.2, 0.25) is 0 Å². The van der Waals surface area contributed by atoms with Gasteiger partial charge in [-0.2, -0.15) is 0 Å². The Hall–Kier alpha value is -8.87. The Labute approximate surface area is 371 Å². The normalized spacial score (nSPS) is 12.0. The molecule has 302 valence electrons. The standard InChI is InChI=1S/C59H35N5O/c1-3-17-36(18-4-1)57-60-58(44-27-15-31-50-54(44)43-26-12-14-30-49(43)63(50)39-21-5-2-6-22-39)62-59(61-57)45-28-16-32-53-55(45)47-35-52(40-23-9-10-25-42(40)56(47)65-53)64-48-29-13-11-24-41(48)46-33-37-19-7-8-20-38(37)34-51(46)64/h1-35H. The SMILES string of the molecule is c1ccc(-c2nc(-c3cccc4oc5c6ccccc6c(-n6c7ccccc7c7cc8ccccc8cc76)cc5c34)nc(-c3cccc4c3c3ccccc3n4-c3ccccc3)n2)cc1. The Morgan fingerprint density at radius 1 is 0.338 bits per heavy atom. The molecule has 0 aliphatic carbocycles. The third kappa shape index (κ3) is 5.31. The van der Waals surface area contributed by atoms with Crippen molar-refractivity contribution < 1.29 is 4.42 Å². The lowest BCUT2D eigenvalue weighted by atomic mass is 10.0. The minimum Gasteiger partial charge on any atom is -0.455 e. The van der Waals surface area contributed by atoms with Gasteiger partial charge in [0, 0.05) is 65.5 Å². The quantitative estimate of drug-likeness (QED) is 0.173. The number of fused-ring (bicyclic) bond motifs is 12. The van der Waals surface area contributed by atoms with E-state index in [-0.39, 0.29) is 0 Å². The van der Waals surface area contributed by atoms with Gasteiger partial charge in [0.05, 0.1) is 27.8 Å². The molecule has 6 nitrogen and oxygen atoms in total. The molecule has 0 radical (unpaired) electrons. The lowest BCUT2D eigenvalue weighted by Crippen LogP contribution is -2.01. The van der Waals surface area contributed by atoms with Gasteiger partial charge in [-0.3, -0.25) is 0 Å². The van der Waals surface area contributed by atoms with E-state index in [9.17, 15) is 0 Å². The summed E-state index contributed by atoms with van der Waals surface area (Å²) in [6.45, 7) is 0. The molecule has 0 bridgehead atoms.